The molecule has 0 bridgehead atoms. The summed E-state index contributed by atoms with van der Waals surface area (Å²) in [6.45, 7) is 2.67. The normalized spacial score (nSPS) is 12.0. The third-order valence-electron chi connectivity index (χ3n) is 0.627. The van der Waals surface area contributed by atoms with Gasteiger partial charge in [0.2, 0.25) is 0 Å². The van der Waals surface area contributed by atoms with E-state index in [-0.39, 0.29) is 69.2 Å². The van der Waals surface area contributed by atoms with Gasteiger partial charge in [-0.05, 0) is 0 Å². The first-order valence-electron chi connectivity index (χ1n) is 1.78. The summed E-state index contributed by atoms with van der Waals surface area (Å²) in [7, 11) is 0. The summed E-state index contributed by atoms with van der Waals surface area (Å²) in [5, 5.41) is 3.00. The van der Waals surface area contributed by atoms with Gasteiger partial charge in [0.15, 0.2) is 0 Å². The van der Waals surface area contributed by atoms with Crippen LogP contribution in [0.15, 0.2) is 0 Å². The first-order chi connectivity index (χ1) is 2.50. The van der Waals surface area contributed by atoms with Crippen LogP contribution in [0, 0.1) is 14.9 Å². The van der Waals surface area contributed by atoms with E-state index in [2.05, 4.69) is 5.32 Å². The molecule has 2 nitrogen and oxygen atoms in total. The second kappa shape index (κ2) is 22.4. The van der Waals surface area contributed by atoms with Crippen LogP contribution in [-0.4, -0.2) is 19.9 Å². The Bertz CT molecular complexity index is 31.2. The zero-order valence-electron chi connectivity index (χ0n) is 6.10. The number of ether oxygens (including phenoxy) is 1. The van der Waals surface area contributed by atoms with Crippen molar-refractivity contribution in [1.29, 1.82) is 0 Å². The van der Waals surface area contributed by atoms with Crippen LogP contribution >= 0.6 is 0 Å². The number of hydrogen-bond acceptors (Lipinski definition) is 2. The van der Waals surface area contributed by atoms with E-state index in [4.69, 9.17) is 4.74 Å². The van der Waals surface area contributed by atoms with E-state index in [1.54, 1.807) is 0 Å². The standard InChI is InChI=1S/C3H7NO.2CH3.2BrH.Pd/c1-2-5-3-4-1;;;;;/h4H,1-3H2;2*1H3;2*1H;/q;2*-1;;;+2/p-2. The van der Waals surface area contributed by atoms with E-state index in [1.807, 2.05) is 0 Å². The van der Waals surface area contributed by atoms with Crippen LogP contribution in [0.4, 0.5) is 0 Å². The van der Waals surface area contributed by atoms with Gasteiger partial charge in [-0.1, -0.05) is 0 Å². The summed E-state index contributed by atoms with van der Waals surface area (Å²) in [5.74, 6) is 0. The summed E-state index contributed by atoms with van der Waals surface area (Å²) >= 11 is 0. The van der Waals surface area contributed by atoms with Gasteiger partial charge in [0.05, 0.1) is 13.3 Å². The fourth-order valence-electron chi connectivity index (χ4n) is 0.361. The third kappa shape index (κ3) is 16.3. The van der Waals surface area contributed by atoms with Crippen LogP contribution in [0.5, 0.6) is 0 Å². The fourth-order valence-corrected chi connectivity index (χ4v) is 0.361. The van der Waals surface area contributed by atoms with Gasteiger partial charge in [-0.3, -0.25) is 5.32 Å². The van der Waals surface area contributed by atoms with E-state index in [9.17, 15) is 0 Å². The molecule has 0 spiro atoms. The van der Waals surface area contributed by atoms with Gasteiger partial charge >= 0.3 is 20.4 Å². The fraction of sp³-hybridized carbons (Fsp3) is 0.600. The molecule has 0 aromatic heterocycles. The molecule has 0 aromatic rings. The first-order valence-corrected chi connectivity index (χ1v) is 1.78. The molecule has 1 aliphatic rings. The second-order valence-electron chi connectivity index (χ2n) is 1.05. The van der Waals surface area contributed by atoms with Crippen LogP contribution < -0.4 is 39.3 Å². The molecule has 1 saturated heterocycles. The molecule has 1 fully saturated rings. The monoisotopic (exact) mass is 367 g/mol. The van der Waals surface area contributed by atoms with E-state index < -0.39 is 0 Å². The van der Waals surface area contributed by atoms with Crippen LogP contribution in [-0.2, 0) is 25.2 Å². The number of nitrogens with one attached hydrogen (secondary N) is 1. The van der Waals surface area contributed by atoms with Gasteiger partial charge in [-0.15, -0.1) is 0 Å². The summed E-state index contributed by atoms with van der Waals surface area (Å²) < 4.78 is 4.83. The van der Waals surface area contributed by atoms with Gasteiger partial charge in [0, 0.05) is 6.54 Å². The third-order valence-corrected chi connectivity index (χ3v) is 0.627. The first kappa shape index (κ1) is 30.0. The molecule has 1 N–H and O–H groups in total. The number of halogens is 2. The minimum atomic E-state index is 0. The Labute approximate surface area is 98.7 Å². The van der Waals surface area contributed by atoms with Crippen molar-refractivity contribution in [3.05, 3.63) is 14.9 Å². The summed E-state index contributed by atoms with van der Waals surface area (Å²) in [4.78, 5) is 0. The summed E-state index contributed by atoms with van der Waals surface area (Å²) in [6, 6.07) is 0. The molecular formula is C5H13Br2NOPd-2. The van der Waals surface area contributed by atoms with Gasteiger partial charge in [-0.2, -0.15) is 0 Å². The predicted molar refractivity (Wildman–Crippen MR) is 31.6 cm³/mol. The minimum Gasteiger partial charge on any atom is -1.00 e. The second-order valence-corrected chi connectivity index (χ2v) is 1.05. The van der Waals surface area contributed by atoms with Crippen LogP contribution in [0.3, 0.4) is 0 Å². The maximum atomic E-state index is 4.83. The van der Waals surface area contributed by atoms with E-state index in [1.165, 1.54) is 0 Å². The molecular weight excluding hydrogens is 356 g/mol. The van der Waals surface area contributed by atoms with Crippen LogP contribution in [0.1, 0.15) is 0 Å². The van der Waals surface area contributed by atoms with E-state index in [0.717, 1.165) is 19.9 Å². The Morgan fingerprint density at radius 1 is 1.10 bits per heavy atom. The molecule has 0 amide bonds. The Balaban J connectivity index is -0.0000000167. The Morgan fingerprint density at radius 3 is 1.70 bits per heavy atom. The van der Waals surface area contributed by atoms with E-state index in [0.29, 0.717) is 0 Å². The van der Waals surface area contributed by atoms with Gasteiger partial charge < -0.3 is 53.6 Å². The Morgan fingerprint density at radius 2 is 1.60 bits per heavy atom. The molecule has 1 aliphatic heterocycles. The van der Waals surface area contributed by atoms with Gasteiger partial charge in [0.25, 0.3) is 0 Å². The molecule has 1 rings (SSSR count). The molecule has 0 aromatic carbocycles. The maximum Gasteiger partial charge on any atom is 2.00 e. The summed E-state index contributed by atoms with van der Waals surface area (Å²) in [5.41, 5.74) is 0. The molecule has 0 aliphatic carbocycles. The van der Waals surface area contributed by atoms with Crippen molar-refractivity contribution in [2.24, 2.45) is 0 Å². The zero-order valence-corrected chi connectivity index (χ0v) is 10.8. The van der Waals surface area contributed by atoms with Crippen LogP contribution in [0.2, 0.25) is 0 Å². The van der Waals surface area contributed by atoms with Crippen molar-refractivity contribution >= 4 is 0 Å². The van der Waals surface area contributed by atoms with Crippen molar-refractivity contribution in [3.8, 4) is 0 Å². The molecule has 0 atom stereocenters. The average Bonchev–Trinajstić information content (AvgIpc) is 1.76. The van der Waals surface area contributed by atoms with Crippen molar-refractivity contribution in [2.45, 2.75) is 0 Å². The Kier molecular flexibility index (Phi) is 67.2. The van der Waals surface area contributed by atoms with Gasteiger partial charge in [-0.25, -0.2) is 0 Å². The topological polar surface area (TPSA) is 21.3 Å². The predicted octanol–water partition coefficient (Wildman–Crippen LogP) is -5.53. The number of hydrogen-bond donors (Lipinski definition) is 1. The van der Waals surface area contributed by atoms with E-state index >= 15 is 0 Å². The SMILES string of the molecule is C1COCN1.[Br-].[Br-].[CH3-].[CH3-].[Pd+2]. The molecule has 0 unspecified atom stereocenters. The molecule has 10 heavy (non-hydrogen) atoms. The van der Waals surface area contributed by atoms with Gasteiger partial charge in [0.1, 0.15) is 0 Å². The molecule has 5 heteroatoms. The van der Waals surface area contributed by atoms with Crippen molar-refractivity contribution in [3.63, 3.8) is 0 Å². The van der Waals surface area contributed by atoms with Crippen molar-refractivity contribution < 1.29 is 59.1 Å². The largest absolute Gasteiger partial charge is 2.00 e. The molecule has 1 heterocycles. The average molecular weight is 369 g/mol. The molecule has 70 valence electrons. The molecule has 0 saturated carbocycles. The minimum absolute atomic E-state index is 0. The smallest absolute Gasteiger partial charge is 1.00 e. The maximum absolute atomic E-state index is 4.83. The van der Waals surface area contributed by atoms with Crippen molar-refractivity contribution in [2.75, 3.05) is 19.9 Å². The van der Waals surface area contributed by atoms with Crippen molar-refractivity contribution in [1.82, 2.24) is 5.32 Å². The summed E-state index contributed by atoms with van der Waals surface area (Å²) in [6.07, 6.45) is 0. The quantitative estimate of drug-likeness (QED) is 0.340. The Hall–Kier alpha value is 1.54. The number of rotatable bonds is 0. The van der Waals surface area contributed by atoms with Crippen LogP contribution in [0.25, 0.3) is 0 Å². The zero-order chi connectivity index (χ0) is 3.54. The molecule has 0 radical (unpaired) electrons.